The zero-order valence-corrected chi connectivity index (χ0v) is 30.1. The van der Waals surface area contributed by atoms with Gasteiger partial charge in [0.25, 0.3) is 0 Å². The van der Waals surface area contributed by atoms with Gasteiger partial charge in [-0.05, 0) is 74.0 Å². The highest BCUT2D eigenvalue weighted by Gasteiger charge is 2.35. The smallest absolute Gasteiger partial charge is 0.416 e. The second-order valence-electron chi connectivity index (χ2n) is 12.2. The summed E-state index contributed by atoms with van der Waals surface area (Å²) < 4.78 is 39.9. The second-order valence-corrected chi connectivity index (χ2v) is 13.3. The van der Waals surface area contributed by atoms with Crippen LogP contribution in [0.5, 0.6) is 11.5 Å². The average molecular weight is 765 g/mol. The molecular formula is C37H38Cl2F3N3O5S. The number of aromatic hydroxyl groups is 2. The molecular weight excluding hydrogens is 726 g/mol. The maximum Gasteiger partial charge on any atom is 0.416 e. The molecule has 0 aromatic heterocycles. The number of hydrogen-bond acceptors (Lipinski definition) is 9. The topological polar surface area (TPSA) is 105 Å². The molecule has 3 aliphatic rings. The van der Waals surface area contributed by atoms with E-state index >= 15 is 0 Å². The Morgan fingerprint density at radius 3 is 2.04 bits per heavy atom. The number of fused-ring (bicyclic) bond motifs is 4. The van der Waals surface area contributed by atoms with Crippen LogP contribution in [0.15, 0.2) is 82.6 Å². The number of carbonyl (C=O) groups excluding carboxylic acids is 2. The zero-order chi connectivity index (χ0) is 34.9. The van der Waals surface area contributed by atoms with Crippen molar-refractivity contribution in [1.29, 1.82) is 0 Å². The Balaban J connectivity index is 0.000000241. The quantitative estimate of drug-likeness (QED) is 0.164. The van der Waals surface area contributed by atoms with Crippen LogP contribution in [0.2, 0.25) is 0 Å². The number of β-amino-alcohol motifs (C(OH)–C–C–N with tert-alkyl or cyclic N) is 1. The van der Waals surface area contributed by atoms with Gasteiger partial charge >= 0.3 is 6.18 Å². The Hall–Kier alpha value is -3.78. The van der Waals surface area contributed by atoms with Crippen molar-refractivity contribution in [3.05, 3.63) is 106 Å². The van der Waals surface area contributed by atoms with Crippen molar-refractivity contribution >= 4 is 59.5 Å². The number of halogens is 5. The number of piperazine rings is 1. The fourth-order valence-electron chi connectivity index (χ4n) is 6.50. The third-order valence-corrected chi connectivity index (χ3v) is 10.1. The van der Waals surface area contributed by atoms with Crippen molar-refractivity contribution in [2.75, 3.05) is 57.3 Å². The summed E-state index contributed by atoms with van der Waals surface area (Å²) in [6.45, 7) is 8.02. The third-order valence-electron chi connectivity index (χ3n) is 8.94. The number of aryl methyl sites for hydroxylation is 1. The Morgan fingerprint density at radius 2 is 1.35 bits per heavy atom. The summed E-state index contributed by atoms with van der Waals surface area (Å²) in [6.07, 6.45) is -3.48. The van der Waals surface area contributed by atoms with Crippen molar-refractivity contribution in [3.8, 4) is 11.5 Å². The van der Waals surface area contributed by atoms with Crippen LogP contribution in [-0.4, -0.2) is 89.1 Å². The molecule has 51 heavy (non-hydrogen) atoms. The van der Waals surface area contributed by atoms with Gasteiger partial charge in [-0.3, -0.25) is 14.5 Å². The minimum Gasteiger partial charge on any atom is -0.507 e. The van der Waals surface area contributed by atoms with E-state index in [9.17, 15) is 33.0 Å². The van der Waals surface area contributed by atoms with Crippen LogP contribution < -0.4 is 4.90 Å². The van der Waals surface area contributed by atoms with E-state index in [2.05, 4.69) is 9.80 Å². The molecule has 4 aromatic carbocycles. The molecule has 272 valence electrons. The van der Waals surface area contributed by atoms with Gasteiger partial charge in [0.05, 0.1) is 34.7 Å². The largest absolute Gasteiger partial charge is 0.507 e. The Kier molecular flexibility index (Phi) is 13.1. The molecule has 0 saturated carbocycles. The molecule has 1 saturated heterocycles. The van der Waals surface area contributed by atoms with E-state index in [0.717, 1.165) is 54.6 Å². The average Bonchev–Trinajstić information content (AvgIpc) is 3.07. The molecule has 0 atom stereocenters. The van der Waals surface area contributed by atoms with E-state index in [-0.39, 0.29) is 71.0 Å². The Morgan fingerprint density at radius 1 is 0.706 bits per heavy atom. The lowest BCUT2D eigenvalue weighted by Crippen LogP contribution is -2.47. The van der Waals surface area contributed by atoms with E-state index in [4.69, 9.17) is 5.11 Å². The van der Waals surface area contributed by atoms with Crippen LogP contribution >= 0.6 is 36.6 Å². The van der Waals surface area contributed by atoms with Crippen molar-refractivity contribution in [3.63, 3.8) is 0 Å². The molecule has 0 amide bonds. The van der Waals surface area contributed by atoms with Crippen LogP contribution in [0.25, 0.3) is 0 Å². The molecule has 0 unspecified atom stereocenters. The zero-order valence-electron chi connectivity index (χ0n) is 27.7. The highest BCUT2D eigenvalue weighted by molar-refractivity contribution is 7.99. The van der Waals surface area contributed by atoms with Crippen LogP contribution in [0.1, 0.15) is 49.4 Å². The molecule has 0 radical (unpaired) electrons. The maximum absolute atomic E-state index is 13.3. The van der Waals surface area contributed by atoms with Gasteiger partial charge in [-0.15, -0.1) is 24.8 Å². The summed E-state index contributed by atoms with van der Waals surface area (Å²) in [5, 5.41) is 28.7. The molecule has 4 aromatic rings. The molecule has 7 rings (SSSR count). The van der Waals surface area contributed by atoms with E-state index in [1.165, 1.54) is 48.2 Å². The number of anilines is 2. The highest BCUT2D eigenvalue weighted by atomic mass is 35.5. The van der Waals surface area contributed by atoms with Crippen molar-refractivity contribution in [2.45, 2.75) is 29.3 Å². The highest BCUT2D eigenvalue weighted by Crippen LogP contribution is 2.49. The number of carbonyl (C=O) groups is 2. The van der Waals surface area contributed by atoms with Gasteiger partial charge in [0.2, 0.25) is 5.78 Å². The van der Waals surface area contributed by atoms with Gasteiger partial charge in [0.1, 0.15) is 11.5 Å². The molecule has 14 heteroatoms. The van der Waals surface area contributed by atoms with E-state index < -0.39 is 17.5 Å². The molecule has 1 aliphatic carbocycles. The van der Waals surface area contributed by atoms with E-state index in [1.54, 1.807) is 19.1 Å². The first-order chi connectivity index (χ1) is 23.5. The van der Waals surface area contributed by atoms with Crippen molar-refractivity contribution in [2.24, 2.45) is 0 Å². The summed E-state index contributed by atoms with van der Waals surface area (Å²) in [4.78, 5) is 33.3. The van der Waals surface area contributed by atoms with Gasteiger partial charge in [-0.1, -0.05) is 36.0 Å². The lowest BCUT2D eigenvalue weighted by Gasteiger charge is -2.36. The number of aliphatic hydroxyl groups excluding tert-OH is 1. The fourth-order valence-corrected chi connectivity index (χ4v) is 7.58. The lowest BCUT2D eigenvalue weighted by atomic mass is 9.82. The van der Waals surface area contributed by atoms with Gasteiger partial charge in [0.15, 0.2) is 5.78 Å². The predicted octanol–water partition coefficient (Wildman–Crippen LogP) is 7.33. The lowest BCUT2D eigenvalue weighted by molar-refractivity contribution is -0.137. The Bertz CT molecular complexity index is 1900. The van der Waals surface area contributed by atoms with Gasteiger partial charge in [0, 0.05) is 60.2 Å². The number of rotatable bonds is 6. The van der Waals surface area contributed by atoms with E-state index in [0.29, 0.717) is 24.3 Å². The van der Waals surface area contributed by atoms with E-state index in [1.807, 2.05) is 29.2 Å². The number of ketones is 2. The molecule has 1 fully saturated rings. The normalized spacial score (nSPS) is 15.3. The molecule has 3 N–H and O–H groups in total. The Labute approximate surface area is 310 Å². The maximum atomic E-state index is 13.3. The number of hydrogen-bond donors (Lipinski definition) is 3. The summed E-state index contributed by atoms with van der Waals surface area (Å²) in [6, 6.07) is 19.3. The summed E-state index contributed by atoms with van der Waals surface area (Å²) in [5.74, 6) is -1.37. The van der Waals surface area contributed by atoms with Gasteiger partial charge in [-0.2, -0.15) is 13.2 Å². The standard InChI is InChI=1S/C22H26F3N3OS.C15H10O4.2ClH/c23-22(24,25)17-6-7-21-19(16-17)28(18-4-1-2-5-20(18)30-21)9-3-8-26-10-12-27(13-11-26)14-15-29;1-7-5-9-13(11(17)6-7)15(19)12-8(14(9)18)3-2-4-10(12)16;;/h1-2,4-7,16,29H,3,8-15H2;2-6,16-17H,1H3;2*1H. The monoisotopic (exact) mass is 763 g/mol. The molecule has 0 spiro atoms. The molecule has 0 bridgehead atoms. The minimum atomic E-state index is -4.35. The first-order valence-corrected chi connectivity index (χ1v) is 16.8. The van der Waals surface area contributed by atoms with Crippen LogP contribution in [0.3, 0.4) is 0 Å². The number of nitrogens with zero attached hydrogens (tertiary/aromatic N) is 3. The summed E-state index contributed by atoms with van der Waals surface area (Å²) >= 11 is 1.53. The number of para-hydroxylation sites is 1. The first kappa shape index (κ1) is 40.0. The summed E-state index contributed by atoms with van der Waals surface area (Å²) in [7, 11) is 0. The van der Waals surface area contributed by atoms with Gasteiger partial charge < -0.3 is 25.1 Å². The number of aliphatic hydroxyl groups is 1. The first-order valence-electron chi connectivity index (χ1n) is 16.0. The summed E-state index contributed by atoms with van der Waals surface area (Å²) in [5.41, 5.74) is 1.97. The molecule has 8 nitrogen and oxygen atoms in total. The fraction of sp³-hybridized carbons (Fsp3) is 0.297. The predicted molar refractivity (Wildman–Crippen MR) is 196 cm³/mol. The third kappa shape index (κ3) is 8.48. The molecule has 2 aliphatic heterocycles. The number of benzene rings is 4. The van der Waals surface area contributed by atoms with Crippen molar-refractivity contribution in [1.82, 2.24) is 9.80 Å². The second kappa shape index (κ2) is 16.7. The van der Waals surface area contributed by atoms with Crippen LogP contribution in [0, 0.1) is 6.92 Å². The number of phenols is 2. The number of alkyl halides is 3. The minimum absolute atomic E-state index is 0. The van der Waals surface area contributed by atoms with Gasteiger partial charge in [-0.25, -0.2) is 0 Å². The SMILES string of the molecule is Cc1cc(O)c2c(c1)C(=O)c1cccc(O)c1C2=O.Cl.Cl.OCCN1CCN(CCCN2c3ccccc3Sc3ccc(C(F)(F)F)cc32)CC1. The van der Waals surface area contributed by atoms with Crippen molar-refractivity contribution < 1.29 is 38.1 Å². The van der Waals surface area contributed by atoms with Crippen LogP contribution in [0.4, 0.5) is 24.5 Å². The number of phenolic OH excluding ortho intramolecular Hbond substituents is 2. The van der Waals surface area contributed by atoms with Crippen LogP contribution in [-0.2, 0) is 6.18 Å². The molecule has 2 heterocycles.